The van der Waals surface area contributed by atoms with Crippen LogP contribution in [0, 0.1) is 13.8 Å². The third-order valence-corrected chi connectivity index (χ3v) is 4.00. The third-order valence-electron chi connectivity index (χ3n) is 4.00. The van der Waals surface area contributed by atoms with Crippen molar-refractivity contribution in [1.29, 1.82) is 0 Å². The Morgan fingerprint density at radius 3 is 2.30 bits per heavy atom. The van der Waals surface area contributed by atoms with Gasteiger partial charge in [0.15, 0.2) is 0 Å². The maximum absolute atomic E-state index is 4.81. The second-order valence-electron chi connectivity index (χ2n) is 5.02. The van der Waals surface area contributed by atoms with E-state index in [0.717, 1.165) is 11.0 Å². The summed E-state index contributed by atoms with van der Waals surface area (Å²) in [5, 5.41) is 4.99. The summed E-state index contributed by atoms with van der Waals surface area (Å²) in [5.41, 5.74) is 4.72. The fourth-order valence-electron chi connectivity index (χ4n) is 3.02. The Morgan fingerprint density at radius 2 is 1.57 bits per heavy atom. The van der Waals surface area contributed by atoms with Crippen LogP contribution in [-0.4, -0.2) is 4.98 Å². The number of para-hydroxylation sites is 1. The van der Waals surface area contributed by atoms with E-state index < -0.39 is 0 Å². The Bertz CT molecular complexity index is 949. The van der Waals surface area contributed by atoms with Crippen molar-refractivity contribution in [1.82, 2.24) is 22.3 Å². The fraction of sp³-hybridized carbons (Fsp3) is 0.118. The number of hydrogen-bond acceptors (Lipinski definition) is 3. The Kier molecular flexibility index (Phi) is 7.39. The molecule has 0 fully saturated rings. The maximum atomic E-state index is 4.81. The molecule has 23 heavy (non-hydrogen) atoms. The number of rotatable bonds is 0. The minimum atomic E-state index is 0. The molecule has 0 unspecified atom stereocenters. The van der Waals surface area contributed by atoms with Gasteiger partial charge in [0.25, 0.3) is 0 Å². The van der Waals surface area contributed by atoms with Gasteiger partial charge in [-0.2, -0.15) is 12.4 Å². The molecular weight excluding hydrogens is 491 g/mol. The van der Waals surface area contributed by atoms with E-state index >= 15 is 0 Å². The normalized spacial score (nSPS) is 9.65. The molecule has 0 amide bonds. The third kappa shape index (κ3) is 3.00. The van der Waals surface area contributed by atoms with E-state index in [1.54, 1.807) is 0 Å². The molecule has 4 aromatic rings. The van der Waals surface area contributed by atoms with Crippen molar-refractivity contribution in [3.8, 4) is 0 Å². The Hall–Kier alpha value is -1.45. The molecule has 0 aliphatic carbocycles. The summed E-state index contributed by atoms with van der Waals surface area (Å²) in [6.07, 6.45) is 3.81. The van der Waals surface area contributed by atoms with E-state index in [1.165, 1.54) is 32.7 Å². The van der Waals surface area contributed by atoms with Crippen LogP contribution in [0.3, 0.4) is 0 Å². The van der Waals surface area contributed by atoms with E-state index in [0.29, 0.717) is 0 Å². The molecule has 0 aliphatic heterocycles. The van der Waals surface area contributed by atoms with Gasteiger partial charge in [-0.05, 0) is 41.8 Å². The van der Waals surface area contributed by atoms with Gasteiger partial charge in [-0.1, -0.05) is 24.3 Å². The smallest absolute Gasteiger partial charge is 1.00 e. The van der Waals surface area contributed by atoms with Crippen molar-refractivity contribution in [2.75, 3.05) is 0 Å². The summed E-state index contributed by atoms with van der Waals surface area (Å²) in [6, 6.07) is 10.4. The van der Waals surface area contributed by atoms with E-state index in [2.05, 4.69) is 43.1 Å². The number of pyridine rings is 1. The van der Waals surface area contributed by atoms with Crippen molar-refractivity contribution >= 4 is 32.6 Å². The summed E-state index contributed by atoms with van der Waals surface area (Å²) in [6.45, 7) is 4.32. The monoisotopic (exact) mass is 509 g/mol. The Labute approximate surface area is 155 Å². The molecule has 0 saturated heterocycles. The minimum Gasteiger partial charge on any atom is -1.00 e. The molecule has 2 aromatic carbocycles. The summed E-state index contributed by atoms with van der Waals surface area (Å²) >= 11 is 0. The van der Waals surface area contributed by atoms with E-state index in [1.807, 2.05) is 18.5 Å². The fourth-order valence-corrected chi connectivity index (χ4v) is 3.02. The first-order chi connectivity index (χ1) is 9.27. The molecule has 2 aromatic heterocycles. The molecule has 0 radical (unpaired) electrons. The second-order valence-corrected chi connectivity index (χ2v) is 5.02. The van der Waals surface area contributed by atoms with Crippen LogP contribution in [0.2, 0.25) is 0 Å². The second kappa shape index (κ2) is 7.89. The van der Waals surface area contributed by atoms with Gasteiger partial charge in [0.05, 0.1) is 11.0 Å². The molecule has 6 heteroatoms. The molecule has 2 heterocycles. The van der Waals surface area contributed by atoms with Crippen LogP contribution in [0.15, 0.2) is 42.7 Å². The average Bonchev–Trinajstić information content (AvgIpc) is 2.84. The number of aryl methyl sites for hydroxylation is 2. The maximum Gasteiger partial charge on any atom is 2.00 e. The molecule has 4 nitrogen and oxygen atoms in total. The van der Waals surface area contributed by atoms with Gasteiger partial charge in [-0.25, -0.2) is 4.98 Å². The van der Waals surface area contributed by atoms with E-state index in [9.17, 15) is 0 Å². The van der Waals surface area contributed by atoms with Crippen LogP contribution in [0.1, 0.15) is 11.1 Å². The van der Waals surface area contributed by atoms with Crippen molar-refractivity contribution in [2.45, 2.75) is 13.8 Å². The predicted octanol–water partition coefficient (Wildman–Crippen LogP) is 1.44. The topological polar surface area (TPSA) is 97.0 Å². The van der Waals surface area contributed by atoms with Gasteiger partial charge in [-0.15, -0.1) is 0 Å². The molecule has 124 valence electrons. The summed E-state index contributed by atoms with van der Waals surface area (Å²) in [4.78, 5) is 9.07. The largest absolute Gasteiger partial charge is 2.00 e. The molecule has 4 rings (SSSR count). The summed E-state index contributed by atoms with van der Waals surface area (Å²) in [5.74, 6) is 0. The van der Waals surface area contributed by atoms with Gasteiger partial charge in [0.2, 0.25) is 0 Å². The van der Waals surface area contributed by atoms with Crippen molar-refractivity contribution in [3.05, 3.63) is 53.9 Å². The zero-order valence-corrected chi connectivity index (χ0v) is 16.1. The van der Waals surface area contributed by atoms with Crippen LogP contribution in [0.5, 0.6) is 0 Å². The van der Waals surface area contributed by atoms with Crippen LogP contribution < -0.4 is 29.7 Å². The molecular formula is C17H19ClN4Pt. The summed E-state index contributed by atoms with van der Waals surface area (Å²) < 4.78 is 0. The predicted molar refractivity (Wildman–Crippen MR) is 89.6 cm³/mol. The number of hydrogen-bond donors (Lipinski definition) is 2. The average molecular weight is 510 g/mol. The first-order valence-corrected chi connectivity index (χ1v) is 6.45. The van der Waals surface area contributed by atoms with Crippen molar-refractivity contribution in [3.63, 3.8) is 0 Å². The number of aromatic nitrogens is 2. The van der Waals surface area contributed by atoms with Gasteiger partial charge >= 0.3 is 21.1 Å². The number of nitrogens with zero attached hydrogens (tertiary/aromatic N) is 2. The molecule has 0 saturated carbocycles. The number of halogens is 1. The Morgan fingerprint density at radius 1 is 0.870 bits per heavy atom. The quantitative estimate of drug-likeness (QED) is 0.375. The molecule has 0 bridgehead atoms. The van der Waals surface area contributed by atoms with Crippen LogP contribution in [0.4, 0.5) is 0 Å². The zero-order chi connectivity index (χ0) is 13.0. The van der Waals surface area contributed by atoms with Crippen LogP contribution >= 0.6 is 0 Å². The molecule has 0 aliphatic rings. The number of fused-ring (bicyclic) bond motifs is 4. The van der Waals surface area contributed by atoms with E-state index in [-0.39, 0.29) is 45.8 Å². The number of benzene rings is 2. The SMILES string of the molecule is Cc1c2cc[n-]cc2c(C)c2c1nc1ccccc12.N.N.[Cl-].[Pt+2]. The van der Waals surface area contributed by atoms with Gasteiger partial charge in [0.1, 0.15) is 0 Å². The molecule has 6 N–H and O–H groups in total. The van der Waals surface area contributed by atoms with E-state index in [4.69, 9.17) is 4.98 Å². The first-order valence-electron chi connectivity index (χ1n) is 6.45. The first kappa shape index (κ1) is 21.5. The van der Waals surface area contributed by atoms with Crippen LogP contribution in [0.25, 0.3) is 32.6 Å². The minimum absolute atomic E-state index is 0. The van der Waals surface area contributed by atoms with Crippen molar-refractivity contribution in [2.24, 2.45) is 0 Å². The van der Waals surface area contributed by atoms with Gasteiger partial charge < -0.3 is 29.7 Å². The van der Waals surface area contributed by atoms with Crippen molar-refractivity contribution < 1.29 is 33.5 Å². The van der Waals surface area contributed by atoms with Gasteiger partial charge in [0, 0.05) is 10.8 Å². The molecule has 0 spiro atoms. The van der Waals surface area contributed by atoms with Crippen LogP contribution in [-0.2, 0) is 21.1 Å². The zero-order valence-electron chi connectivity index (χ0n) is 13.0. The standard InChI is InChI=1S/C17H13N2.ClH.2H3N.Pt/c1-10-14-9-18-8-7-12(14)11(2)17-16(10)13-5-3-4-6-15(13)19-17;;;;/h3-9H,1-2H3;1H;2*1H3;/q-1;;;;+2/p-1. The summed E-state index contributed by atoms with van der Waals surface area (Å²) in [7, 11) is 0. The van der Waals surface area contributed by atoms with Gasteiger partial charge in [-0.3, -0.25) is 0 Å². The Balaban J connectivity index is 0.00000121. The molecule has 0 atom stereocenters.